The molecule has 7 nitrogen and oxygen atoms in total. The number of hydrogen-bond acceptors (Lipinski definition) is 5. The lowest BCUT2D eigenvalue weighted by Gasteiger charge is -2.13. The summed E-state index contributed by atoms with van der Waals surface area (Å²) < 4.78 is 21.6. The van der Waals surface area contributed by atoms with E-state index in [1.807, 2.05) is 35.6 Å². The van der Waals surface area contributed by atoms with E-state index in [9.17, 15) is 9.18 Å². The van der Waals surface area contributed by atoms with Crippen LogP contribution in [0.3, 0.4) is 0 Å². The lowest BCUT2D eigenvalue weighted by molar-refractivity contribution is 0.102. The number of anilines is 1. The first-order valence-corrected chi connectivity index (χ1v) is 10.1. The minimum absolute atomic E-state index is 0.205. The molecule has 1 amide bonds. The Morgan fingerprint density at radius 2 is 1.84 bits per heavy atom. The van der Waals surface area contributed by atoms with Gasteiger partial charge in [0.2, 0.25) is 5.65 Å². The molecular weight excluding hydrogens is 409 g/mol. The Kier molecular flexibility index (Phi) is 4.95. The quantitative estimate of drug-likeness (QED) is 0.426. The van der Waals surface area contributed by atoms with Crippen molar-refractivity contribution >= 4 is 28.3 Å². The van der Waals surface area contributed by atoms with Gasteiger partial charge in [0, 0.05) is 12.0 Å². The summed E-state index contributed by atoms with van der Waals surface area (Å²) >= 11 is 0. The van der Waals surface area contributed by atoms with Gasteiger partial charge in [-0.05, 0) is 42.5 Å². The van der Waals surface area contributed by atoms with Crippen molar-refractivity contribution in [1.29, 1.82) is 0 Å². The van der Waals surface area contributed by atoms with E-state index < -0.39 is 11.7 Å². The number of carbonyl (C=O) groups is 1. The highest BCUT2D eigenvalue weighted by atomic mass is 19.1. The van der Waals surface area contributed by atoms with Crippen molar-refractivity contribution in [3.63, 3.8) is 0 Å². The smallest absolute Gasteiger partial charge is 0.266 e. The summed E-state index contributed by atoms with van der Waals surface area (Å²) in [4.78, 5) is 17.3. The van der Waals surface area contributed by atoms with E-state index in [1.165, 1.54) is 18.2 Å². The minimum atomic E-state index is -0.483. The number of nitrogens with one attached hydrogen (secondary N) is 1. The van der Waals surface area contributed by atoms with Gasteiger partial charge in [0.1, 0.15) is 11.6 Å². The fraction of sp³-hybridized carbons (Fsp3) is 0.0833. The number of halogens is 1. The predicted molar refractivity (Wildman–Crippen MR) is 119 cm³/mol. The molecule has 0 fully saturated rings. The molecule has 1 N–H and O–H groups in total. The summed E-state index contributed by atoms with van der Waals surface area (Å²) in [7, 11) is 0. The maximum Gasteiger partial charge on any atom is 0.266 e. The number of amides is 1. The standard InChI is InChI=1S/C24H18FN5O2/c1-2-21-28-29-22-24(27-17-10-3-5-12-19(17)30(21)22)32-20-13-6-4-11-18(20)26-23(31)15-8-7-9-16(25)14-15/h3-14H,2H2,1H3,(H,26,31). The molecule has 0 saturated carbocycles. The Balaban J connectivity index is 1.55. The minimum Gasteiger partial charge on any atom is -0.434 e. The fourth-order valence-electron chi connectivity index (χ4n) is 3.50. The maximum absolute atomic E-state index is 13.5. The average Bonchev–Trinajstić information content (AvgIpc) is 3.25. The van der Waals surface area contributed by atoms with Gasteiger partial charge in [-0.1, -0.05) is 37.3 Å². The van der Waals surface area contributed by atoms with E-state index in [0.29, 0.717) is 23.5 Å². The molecule has 8 heteroatoms. The molecule has 0 radical (unpaired) electrons. The molecule has 0 unspecified atom stereocenters. The summed E-state index contributed by atoms with van der Waals surface area (Å²) in [5.74, 6) is 0.499. The van der Waals surface area contributed by atoms with E-state index >= 15 is 0 Å². The van der Waals surface area contributed by atoms with Crippen LogP contribution < -0.4 is 10.1 Å². The third-order valence-electron chi connectivity index (χ3n) is 5.01. The van der Waals surface area contributed by atoms with Crippen LogP contribution in [0, 0.1) is 5.82 Å². The van der Waals surface area contributed by atoms with Crippen LogP contribution in [0.25, 0.3) is 16.7 Å². The Labute approximate surface area is 182 Å². The molecule has 0 spiro atoms. The molecule has 32 heavy (non-hydrogen) atoms. The van der Waals surface area contributed by atoms with Crippen molar-refractivity contribution in [3.05, 3.63) is 90.0 Å². The average molecular weight is 427 g/mol. The molecule has 5 aromatic rings. The normalized spacial score (nSPS) is 11.1. The molecular formula is C24H18FN5O2. The Morgan fingerprint density at radius 1 is 1.03 bits per heavy atom. The highest BCUT2D eigenvalue weighted by Gasteiger charge is 2.18. The number of carbonyl (C=O) groups excluding carboxylic acids is 1. The lowest BCUT2D eigenvalue weighted by Crippen LogP contribution is -2.12. The molecule has 3 aromatic carbocycles. The van der Waals surface area contributed by atoms with Gasteiger partial charge >= 0.3 is 0 Å². The van der Waals surface area contributed by atoms with Crippen molar-refractivity contribution in [2.75, 3.05) is 5.32 Å². The van der Waals surface area contributed by atoms with E-state index in [4.69, 9.17) is 4.74 Å². The zero-order valence-electron chi connectivity index (χ0n) is 17.1. The van der Waals surface area contributed by atoms with Crippen LogP contribution in [0.5, 0.6) is 11.6 Å². The number of benzene rings is 3. The summed E-state index contributed by atoms with van der Waals surface area (Å²) in [6.07, 6.45) is 0.689. The highest BCUT2D eigenvalue weighted by molar-refractivity contribution is 6.05. The van der Waals surface area contributed by atoms with Gasteiger partial charge in [0.25, 0.3) is 11.8 Å². The number of rotatable bonds is 5. The number of aromatic nitrogens is 4. The largest absolute Gasteiger partial charge is 0.434 e. The fourth-order valence-corrected chi connectivity index (χ4v) is 3.50. The second-order valence-electron chi connectivity index (χ2n) is 7.10. The van der Waals surface area contributed by atoms with Crippen LogP contribution in [0.15, 0.2) is 72.8 Å². The van der Waals surface area contributed by atoms with E-state index in [0.717, 1.165) is 16.9 Å². The van der Waals surface area contributed by atoms with E-state index in [-0.39, 0.29) is 11.4 Å². The van der Waals surface area contributed by atoms with Crippen molar-refractivity contribution in [2.24, 2.45) is 0 Å². The summed E-state index contributed by atoms with van der Waals surface area (Å²) in [6.45, 7) is 2.00. The molecule has 0 aliphatic rings. The first-order valence-electron chi connectivity index (χ1n) is 10.1. The summed E-state index contributed by atoms with van der Waals surface area (Å²) in [5.41, 5.74) is 2.71. The predicted octanol–water partition coefficient (Wildman–Crippen LogP) is 5.02. The first kappa shape index (κ1) is 19.6. The monoisotopic (exact) mass is 427 g/mol. The van der Waals surface area contributed by atoms with E-state index in [2.05, 4.69) is 20.5 Å². The molecule has 0 aliphatic heterocycles. The van der Waals surface area contributed by atoms with E-state index in [1.54, 1.807) is 30.3 Å². The van der Waals surface area contributed by atoms with Crippen molar-refractivity contribution in [3.8, 4) is 11.6 Å². The highest BCUT2D eigenvalue weighted by Crippen LogP contribution is 2.32. The van der Waals surface area contributed by atoms with Crippen molar-refractivity contribution in [2.45, 2.75) is 13.3 Å². The lowest BCUT2D eigenvalue weighted by atomic mass is 10.2. The van der Waals surface area contributed by atoms with Gasteiger partial charge < -0.3 is 10.1 Å². The van der Waals surface area contributed by atoms with Crippen LogP contribution in [0.2, 0.25) is 0 Å². The van der Waals surface area contributed by atoms with Crippen LogP contribution >= 0.6 is 0 Å². The van der Waals surface area contributed by atoms with Crippen molar-refractivity contribution in [1.82, 2.24) is 19.6 Å². The van der Waals surface area contributed by atoms with Gasteiger partial charge in [-0.25, -0.2) is 9.37 Å². The summed E-state index contributed by atoms with van der Waals surface area (Å²) in [6, 6.07) is 20.1. The third-order valence-corrected chi connectivity index (χ3v) is 5.01. The van der Waals surface area contributed by atoms with Gasteiger partial charge in [0.05, 0.1) is 16.7 Å². The molecule has 0 atom stereocenters. The number of para-hydroxylation sites is 4. The van der Waals surface area contributed by atoms with Crippen molar-refractivity contribution < 1.29 is 13.9 Å². The molecule has 2 aromatic heterocycles. The number of nitrogens with zero attached hydrogens (tertiary/aromatic N) is 4. The van der Waals surface area contributed by atoms with Crippen LogP contribution in [0.4, 0.5) is 10.1 Å². The molecule has 2 heterocycles. The van der Waals surface area contributed by atoms with Gasteiger partial charge in [-0.15, -0.1) is 10.2 Å². The molecule has 5 rings (SSSR count). The molecule has 0 saturated heterocycles. The zero-order valence-corrected chi connectivity index (χ0v) is 17.1. The molecule has 158 valence electrons. The second kappa shape index (κ2) is 8.07. The van der Waals surface area contributed by atoms with Crippen LogP contribution in [-0.4, -0.2) is 25.5 Å². The maximum atomic E-state index is 13.5. The topological polar surface area (TPSA) is 81.4 Å². The molecule has 0 bridgehead atoms. The van der Waals surface area contributed by atoms with Gasteiger partial charge in [-0.3, -0.25) is 9.20 Å². The van der Waals surface area contributed by atoms with Gasteiger partial charge in [0.15, 0.2) is 5.75 Å². The first-order chi connectivity index (χ1) is 15.6. The Morgan fingerprint density at radius 3 is 2.69 bits per heavy atom. The zero-order chi connectivity index (χ0) is 22.1. The number of hydrogen-bond donors (Lipinski definition) is 1. The number of aryl methyl sites for hydroxylation is 1. The summed E-state index contributed by atoms with van der Waals surface area (Å²) in [5, 5.41) is 11.3. The Hall–Kier alpha value is -4.33. The third kappa shape index (κ3) is 3.51. The number of fused-ring (bicyclic) bond motifs is 3. The van der Waals surface area contributed by atoms with Crippen LogP contribution in [0.1, 0.15) is 23.1 Å². The second-order valence-corrected chi connectivity index (χ2v) is 7.10. The SMILES string of the molecule is CCc1nnc2c(Oc3ccccc3NC(=O)c3cccc(F)c3)nc3ccccc3n12. The Bertz CT molecular complexity index is 1460. The molecule has 0 aliphatic carbocycles. The number of ether oxygens (including phenoxy) is 1. The van der Waals surface area contributed by atoms with Gasteiger partial charge in [-0.2, -0.15) is 0 Å². The van der Waals surface area contributed by atoms with Crippen LogP contribution in [-0.2, 0) is 6.42 Å².